The standard InChI is InChI=1S/C16H15ClN2/c1-2-16(13-5-7-14(17)8-6-13)19-15-9-3-12(11-18)4-10-15/h3-10,16,19H,2H2,1H3. The summed E-state index contributed by atoms with van der Waals surface area (Å²) in [4.78, 5) is 0. The minimum Gasteiger partial charge on any atom is -0.378 e. The molecular weight excluding hydrogens is 256 g/mol. The van der Waals surface area contributed by atoms with E-state index >= 15 is 0 Å². The summed E-state index contributed by atoms with van der Waals surface area (Å²) in [6, 6.07) is 17.7. The van der Waals surface area contributed by atoms with Crippen molar-refractivity contribution in [2.45, 2.75) is 19.4 Å². The highest BCUT2D eigenvalue weighted by Gasteiger charge is 2.08. The number of hydrogen-bond donors (Lipinski definition) is 1. The van der Waals surface area contributed by atoms with Gasteiger partial charge in [-0.1, -0.05) is 30.7 Å². The number of rotatable bonds is 4. The van der Waals surface area contributed by atoms with Crippen LogP contribution in [0, 0.1) is 11.3 Å². The van der Waals surface area contributed by atoms with Crippen molar-refractivity contribution < 1.29 is 0 Å². The Balaban J connectivity index is 2.14. The van der Waals surface area contributed by atoms with Gasteiger partial charge in [-0.15, -0.1) is 0 Å². The minimum absolute atomic E-state index is 0.241. The molecule has 0 heterocycles. The van der Waals surface area contributed by atoms with E-state index in [1.165, 1.54) is 5.56 Å². The summed E-state index contributed by atoms with van der Waals surface area (Å²) in [6.45, 7) is 2.13. The van der Waals surface area contributed by atoms with Gasteiger partial charge in [-0.2, -0.15) is 5.26 Å². The van der Waals surface area contributed by atoms with Crippen LogP contribution in [-0.2, 0) is 0 Å². The Bertz CT molecular complexity index is 567. The molecule has 0 aliphatic carbocycles. The molecule has 0 bridgehead atoms. The van der Waals surface area contributed by atoms with Gasteiger partial charge >= 0.3 is 0 Å². The molecule has 0 aliphatic heterocycles. The quantitative estimate of drug-likeness (QED) is 0.868. The van der Waals surface area contributed by atoms with Crippen molar-refractivity contribution in [3.05, 3.63) is 64.7 Å². The van der Waals surface area contributed by atoms with Crippen molar-refractivity contribution in [2.75, 3.05) is 5.32 Å². The average Bonchev–Trinajstić information content (AvgIpc) is 2.46. The molecule has 0 saturated carbocycles. The Morgan fingerprint density at radius 3 is 2.26 bits per heavy atom. The van der Waals surface area contributed by atoms with Crippen molar-refractivity contribution >= 4 is 17.3 Å². The first-order valence-electron chi connectivity index (χ1n) is 6.25. The predicted molar refractivity (Wildman–Crippen MR) is 79.3 cm³/mol. The third kappa shape index (κ3) is 3.49. The molecule has 0 aromatic heterocycles. The minimum atomic E-state index is 0.241. The highest BCUT2D eigenvalue weighted by atomic mass is 35.5. The van der Waals surface area contributed by atoms with Crippen LogP contribution in [0.4, 0.5) is 5.69 Å². The van der Waals surface area contributed by atoms with Gasteiger partial charge in [0.2, 0.25) is 0 Å². The van der Waals surface area contributed by atoms with Crippen LogP contribution in [-0.4, -0.2) is 0 Å². The first-order chi connectivity index (χ1) is 9.22. The molecule has 0 fully saturated rings. The van der Waals surface area contributed by atoms with Crippen molar-refractivity contribution in [3.63, 3.8) is 0 Å². The van der Waals surface area contributed by atoms with E-state index in [4.69, 9.17) is 16.9 Å². The van der Waals surface area contributed by atoms with Gasteiger partial charge in [0, 0.05) is 10.7 Å². The van der Waals surface area contributed by atoms with E-state index in [0.717, 1.165) is 17.1 Å². The molecule has 0 aliphatic rings. The molecule has 2 nitrogen and oxygen atoms in total. The summed E-state index contributed by atoms with van der Waals surface area (Å²) in [5, 5.41) is 13.0. The van der Waals surface area contributed by atoms with Gasteiger partial charge < -0.3 is 5.32 Å². The largest absolute Gasteiger partial charge is 0.378 e. The van der Waals surface area contributed by atoms with Crippen molar-refractivity contribution in [1.29, 1.82) is 5.26 Å². The smallest absolute Gasteiger partial charge is 0.0991 e. The fraction of sp³-hybridized carbons (Fsp3) is 0.188. The normalized spacial score (nSPS) is 11.6. The van der Waals surface area contributed by atoms with Crippen LogP contribution in [0.3, 0.4) is 0 Å². The molecule has 1 unspecified atom stereocenters. The third-order valence-corrected chi connectivity index (χ3v) is 3.29. The Hall–Kier alpha value is -1.98. The highest BCUT2D eigenvalue weighted by molar-refractivity contribution is 6.30. The molecule has 0 amide bonds. The Morgan fingerprint density at radius 2 is 1.74 bits per heavy atom. The van der Waals surface area contributed by atoms with E-state index in [1.807, 2.05) is 48.5 Å². The first kappa shape index (κ1) is 13.5. The molecule has 0 spiro atoms. The highest BCUT2D eigenvalue weighted by Crippen LogP contribution is 2.24. The van der Waals surface area contributed by atoms with Gasteiger partial charge in [0.15, 0.2) is 0 Å². The number of nitrogens with one attached hydrogen (secondary N) is 1. The van der Waals surface area contributed by atoms with Gasteiger partial charge in [-0.25, -0.2) is 0 Å². The maximum absolute atomic E-state index is 8.78. The van der Waals surface area contributed by atoms with Crippen LogP contribution in [0.5, 0.6) is 0 Å². The summed E-state index contributed by atoms with van der Waals surface area (Å²) >= 11 is 5.90. The van der Waals surface area contributed by atoms with Crippen LogP contribution in [0.25, 0.3) is 0 Å². The van der Waals surface area contributed by atoms with E-state index in [0.29, 0.717) is 5.56 Å². The second-order valence-corrected chi connectivity index (χ2v) is 4.78. The topological polar surface area (TPSA) is 35.8 Å². The first-order valence-corrected chi connectivity index (χ1v) is 6.63. The predicted octanol–water partition coefficient (Wildman–Crippen LogP) is 4.77. The molecule has 0 saturated heterocycles. The molecule has 2 aromatic rings. The molecule has 1 N–H and O–H groups in total. The molecule has 3 heteroatoms. The fourth-order valence-corrected chi connectivity index (χ4v) is 2.08. The number of anilines is 1. The van der Waals surface area contributed by atoms with Crippen molar-refractivity contribution in [2.24, 2.45) is 0 Å². The number of hydrogen-bond acceptors (Lipinski definition) is 2. The van der Waals surface area contributed by atoms with Crippen LogP contribution in [0.15, 0.2) is 48.5 Å². The number of nitrogens with zero attached hydrogens (tertiary/aromatic N) is 1. The molecule has 96 valence electrons. The molecule has 19 heavy (non-hydrogen) atoms. The van der Waals surface area contributed by atoms with Gasteiger partial charge in [0.1, 0.15) is 0 Å². The summed E-state index contributed by atoms with van der Waals surface area (Å²) < 4.78 is 0. The molecule has 2 rings (SSSR count). The fourth-order valence-electron chi connectivity index (χ4n) is 1.96. The second-order valence-electron chi connectivity index (χ2n) is 4.35. The lowest BCUT2D eigenvalue weighted by Gasteiger charge is -2.19. The molecular formula is C16H15ClN2. The lowest BCUT2D eigenvalue weighted by molar-refractivity contribution is 0.749. The van der Waals surface area contributed by atoms with Crippen molar-refractivity contribution in [1.82, 2.24) is 0 Å². The van der Waals surface area contributed by atoms with Crippen LogP contribution >= 0.6 is 11.6 Å². The third-order valence-electron chi connectivity index (χ3n) is 3.04. The van der Waals surface area contributed by atoms with E-state index < -0.39 is 0 Å². The zero-order chi connectivity index (χ0) is 13.7. The van der Waals surface area contributed by atoms with Gasteiger partial charge in [-0.05, 0) is 48.4 Å². The summed E-state index contributed by atoms with van der Waals surface area (Å²) in [7, 11) is 0. The van der Waals surface area contributed by atoms with E-state index in [1.54, 1.807) is 0 Å². The van der Waals surface area contributed by atoms with Gasteiger partial charge in [-0.3, -0.25) is 0 Å². The summed E-state index contributed by atoms with van der Waals surface area (Å²) in [6.07, 6.45) is 0.974. The zero-order valence-electron chi connectivity index (χ0n) is 10.7. The van der Waals surface area contributed by atoms with Gasteiger partial charge in [0.05, 0.1) is 17.7 Å². The maximum Gasteiger partial charge on any atom is 0.0991 e. The lowest BCUT2D eigenvalue weighted by atomic mass is 10.0. The van der Waals surface area contributed by atoms with E-state index in [-0.39, 0.29) is 6.04 Å². The van der Waals surface area contributed by atoms with Crippen LogP contribution < -0.4 is 5.32 Å². The zero-order valence-corrected chi connectivity index (χ0v) is 11.5. The van der Waals surface area contributed by atoms with Crippen LogP contribution in [0.1, 0.15) is 30.5 Å². The SMILES string of the molecule is CCC(Nc1ccc(C#N)cc1)c1ccc(Cl)cc1. The molecule has 1 atom stereocenters. The Labute approximate surface area is 118 Å². The monoisotopic (exact) mass is 270 g/mol. The average molecular weight is 271 g/mol. The summed E-state index contributed by atoms with van der Waals surface area (Å²) in [5.74, 6) is 0. The van der Waals surface area contributed by atoms with Gasteiger partial charge in [0.25, 0.3) is 0 Å². The Kier molecular flexibility index (Phi) is 4.43. The number of benzene rings is 2. The molecule has 0 radical (unpaired) electrons. The second kappa shape index (κ2) is 6.26. The lowest BCUT2D eigenvalue weighted by Crippen LogP contribution is -2.09. The number of nitriles is 1. The maximum atomic E-state index is 8.78. The van der Waals surface area contributed by atoms with E-state index in [9.17, 15) is 0 Å². The van der Waals surface area contributed by atoms with Crippen molar-refractivity contribution in [3.8, 4) is 6.07 Å². The molecule has 2 aromatic carbocycles. The number of halogens is 1. The summed E-state index contributed by atoms with van der Waals surface area (Å²) in [5.41, 5.74) is 2.89. The Morgan fingerprint density at radius 1 is 1.11 bits per heavy atom. The van der Waals surface area contributed by atoms with E-state index in [2.05, 4.69) is 18.3 Å². The van der Waals surface area contributed by atoms with Crippen LogP contribution in [0.2, 0.25) is 5.02 Å².